The summed E-state index contributed by atoms with van der Waals surface area (Å²) >= 11 is 4.78. The first-order valence-electron chi connectivity index (χ1n) is 7.70. The van der Waals surface area contributed by atoms with E-state index in [2.05, 4.69) is 18.1 Å². The van der Waals surface area contributed by atoms with E-state index < -0.39 is 60.0 Å². The molecule has 0 amide bonds. The monoisotopic (exact) mass is 530 g/mol. The first-order valence-corrected chi connectivity index (χ1v) is 12.6. The number of methoxy groups -OCH3 is 1. The molecule has 0 radical (unpaired) electrons. The topological polar surface area (TPSA) is 257 Å². The standard InChI is InChI=1S/C10H17N2O15P3S/c1-23-10(15)7(13)5(25-8(10)12-3-2-6(31)11-9(12)14)4-24-29(19,20)27-30(21,22)26-28(16,17)18/h2-3,5,7-8,13,15H,4H2,1H3,(H,19,20)(H,21,22)(H,11,14,31)(H2,16,17,18)/t5-,7-,8-,10+/m1/s1. The summed E-state index contributed by atoms with van der Waals surface area (Å²) in [6.45, 7) is -1.09. The molecule has 1 fully saturated rings. The Kier molecular flexibility index (Phi) is 7.98. The Morgan fingerprint density at radius 3 is 2.35 bits per heavy atom. The Morgan fingerprint density at radius 2 is 1.84 bits per heavy atom. The van der Waals surface area contributed by atoms with E-state index >= 15 is 0 Å². The summed E-state index contributed by atoms with van der Waals surface area (Å²) < 4.78 is 56.1. The maximum atomic E-state index is 12.1. The second kappa shape index (κ2) is 9.30. The fraction of sp³-hybridized carbons (Fsp3) is 0.600. The normalized spacial score (nSPS) is 30.6. The smallest absolute Gasteiger partial charge is 0.384 e. The van der Waals surface area contributed by atoms with Crippen molar-refractivity contribution in [2.75, 3.05) is 13.7 Å². The lowest BCUT2D eigenvalue weighted by Crippen LogP contribution is -2.50. The maximum absolute atomic E-state index is 12.1. The first kappa shape index (κ1) is 26.6. The Morgan fingerprint density at radius 1 is 1.23 bits per heavy atom. The zero-order valence-electron chi connectivity index (χ0n) is 15.1. The number of aromatic nitrogens is 2. The third-order valence-electron chi connectivity index (χ3n) is 3.68. The van der Waals surface area contributed by atoms with Crippen LogP contribution >= 0.6 is 35.7 Å². The van der Waals surface area contributed by atoms with E-state index in [9.17, 15) is 33.6 Å². The van der Waals surface area contributed by atoms with Crippen LogP contribution in [0.1, 0.15) is 6.23 Å². The van der Waals surface area contributed by atoms with Crippen LogP contribution in [0, 0.1) is 4.64 Å². The summed E-state index contributed by atoms with van der Waals surface area (Å²) in [6.07, 6.45) is -4.27. The molecule has 2 heterocycles. The number of aliphatic hydroxyl groups excluding tert-OH is 1. The molecule has 2 rings (SSSR count). The number of nitrogens with one attached hydrogen (secondary N) is 1. The van der Waals surface area contributed by atoms with Crippen LogP contribution in [0.5, 0.6) is 0 Å². The minimum atomic E-state index is -5.75. The van der Waals surface area contributed by atoms with Crippen molar-refractivity contribution >= 4 is 35.7 Å². The minimum absolute atomic E-state index is 0.0463. The number of nitrogens with zero attached hydrogens (tertiary/aromatic N) is 1. The molecule has 178 valence electrons. The molecule has 0 bridgehead atoms. The van der Waals surface area contributed by atoms with Crippen molar-refractivity contribution in [3.8, 4) is 0 Å². The fourth-order valence-electron chi connectivity index (χ4n) is 2.45. The average molecular weight is 530 g/mol. The largest absolute Gasteiger partial charge is 0.490 e. The van der Waals surface area contributed by atoms with Gasteiger partial charge in [-0.15, -0.1) is 0 Å². The van der Waals surface area contributed by atoms with Crippen LogP contribution in [0.4, 0.5) is 0 Å². The van der Waals surface area contributed by atoms with Crippen LogP contribution in [-0.4, -0.2) is 71.0 Å². The van der Waals surface area contributed by atoms with Gasteiger partial charge in [0.2, 0.25) is 5.79 Å². The lowest BCUT2D eigenvalue weighted by atomic mass is 10.1. The van der Waals surface area contributed by atoms with Gasteiger partial charge in [0, 0.05) is 13.3 Å². The average Bonchev–Trinajstić information content (AvgIpc) is 2.82. The molecule has 1 aliphatic heterocycles. The van der Waals surface area contributed by atoms with Crippen LogP contribution in [0.3, 0.4) is 0 Å². The van der Waals surface area contributed by atoms with Gasteiger partial charge in [0.15, 0.2) is 6.23 Å². The van der Waals surface area contributed by atoms with E-state index in [0.717, 1.165) is 17.9 Å². The number of ether oxygens (including phenoxy) is 2. The molecule has 31 heavy (non-hydrogen) atoms. The van der Waals surface area contributed by atoms with Crippen molar-refractivity contribution in [3.05, 3.63) is 27.4 Å². The second-order valence-electron chi connectivity index (χ2n) is 5.83. The number of H-pyrrole nitrogens is 1. The molecule has 21 heteroatoms. The molecular formula is C10H17N2O15P3S. The van der Waals surface area contributed by atoms with E-state index in [-0.39, 0.29) is 4.64 Å². The van der Waals surface area contributed by atoms with Gasteiger partial charge in [-0.3, -0.25) is 14.1 Å². The molecule has 1 aromatic heterocycles. The Balaban J connectivity index is 2.18. The summed E-state index contributed by atoms with van der Waals surface area (Å²) in [6, 6.07) is 1.25. The molecule has 1 aromatic rings. The Hall–Kier alpha value is -0.650. The maximum Gasteiger partial charge on any atom is 0.490 e. The number of phosphoric acid groups is 3. The summed E-state index contributed by atoms with van der Waals surface area (Å²) in [5, 5.41) is 20.9. The molecular weight excluding hydrogens is 513 g/mol. The van der Waals surface area contributed by atoms with Gasteiger partial charge in [0.1, 0.15) is 16.8 Å². The predicted octanol–water partition coefficient (Wildman–Crippen LogP) is -1.16. The number of hydrogen-bond acceptors (Lipinski definition) is 12. The predicted molar refractivity (Wildman–Crippen MR) is 97.6 cm³/mol. The number of aliphatic hydroxyl groups is 2. The van der Waals surface area contributed by atoms with Crippen LogP contribution in [0.15, 0.2) is 17.1 Å². The van der Waals surface area contributed by atoms with Gasteiger partial charge >= 0.3 is 29.2 Å². The molecule has 0 aliphatic carbocycles. The molecule has 0 aromatic carbocycles. The summed E-state index contributed by atoms with van der Waals surface area (Å²) in [7, 11) is -15.9. The van der Waals surface area contributed by atoms with Crippen molar-refractivity contribution in [2.45, 2.75) is 24.2 Å². The van der Waals surface area contributed by atoms with Crippen molar-refractivity contribution < 1.29 is 66.1 Å². The lowest BCUT2D eigenvalue weighted by Gasteiger charge is -2.29. The zero-order valence-corrected chi connectivity index (χ0v) is 18.6. The minimum Gasteiger partial charge on any atom is -0.384 e. The van der Waals surface area contributed by atoms with Crippen LogP contribution in [0.2, 0.25) is 0 Å². The highest BCUT2D eigenvalue weighted by Crippen LogP contribution is 2.66. The summed E-state index contributed by atoms with van der Waals surface area (Å²) in [5.74, 6) is -2.56. The molecule has 2 unspecified atom stereocenters. The molecule has 1 saturated heterocycles. The van der Waals surface area contributed by atoms with Gasteiger partial charge in [0.25, 0.3) is 0 Å². The Labute approximate surface area is 177 Å². The van der Waals surface area contributed by atoms with Gasteiger partial charge < -0.3 is 39.3 Å². The van der Waals surface area contributed by atoms with Gasteiger partial charge in [-0.1, -0.05) is 12.2 Å². The third kappa shape index (κ3) is 6.68. The van der Waals surface area contributed by atoms with Crippen LogP contribution in [-0.2, 0) is 36.3 Å². The van der Waals surface area contributed by atoms with Crippen molar-refractivity contribution in [3.63, 3.8) is 0 Å². The molecule has 1 aliphatic rings. The molecule has 17 nitrogen and oxygen atoms in total. The highest BCUT2D eigenvalue weighted by molar-refractivity contribution is 7.71. The molecule has 0 spiro atoms. The number of aromatic amines is 1. The number of phosphoric ester groups is 1. The van der Waals surface area contributed by atoms with Gasteiger partial charge in [-0.2, -0.15) is 8.62 Å². The van der Waals surface area contributed by atoms with Crippen molar-refractivity contribution in [1.29, 1.82) is 0 Å². The lowest BCUT2D eigenvalue weighted by molar-refractivity contribution is -0.265. The van der Waals surface area contributed by atoms with E-state index in [0.29, 0.717) is 0 Å². The molecule has 7 N–H and O–H groups in total. The van der Waals surface area contributed by atoms with Crippen molar-refractivity contribution in [2.24, 2.45) is 0 Å². The van der Waals surface area contributed by atoms with Gasteiger partial charge in [0.05, 0.1) is 6.61 Å². The van der Waals surface area contributed by atoms with E-state index in [1.807, 2.05) is 0 Å². The zero-order chi connectivity index (χ0) is 23.8. The van der Waals surface area contributed by atoms with Gasteiger partial charge in [-0.25, -0.2) is 18.5 Å². The highest BCUT2D eigenvalue weighted by Gasteiger charge is 2.58. The SMILES string of the molecule is CO[C@@]1(O)[C@H](O)[C@@H](COP(=O)(O)OP(=O)(O)OP(=O)(O)O)O[C@H]1n1ccc(=S)[nH]c1=O. The van der Waals surface area contributed by atoms with E-state index in [1.165, 1.54) is 6.07 Å². The summed E-state index contributed by atoms with van der Waals surface area (Å²) in [5.41, 5.74) is -0.867. The first-order chi connectivity index (χ1) is 14.0. The third-order valence-corrected chi connectivity index (χ3v) is 7.72. The second-order valence-corrected chi connectivity index (χ2v) is 10.7. The van der Waals surface area contributed by atoms with E-state index in [4.69, 9.17) is 36.4 Å². The van der Waals surface area contributed by atoms with E-state index in [1.54, 1.807) is 0 Å². The Bertz CT molecular complexity index is 1070. The molecule has 0 saturated carbocycles. The van der Waals surface area contributed by atoms with Crippen molar-refractivity contribution in [1.82, 2.24) is 9.55 Å². The number of hydrogen-bond donors (Lipinski definition) is 7. The quantitative estimate of drug-likeness (QED) is 0.113. The summed E-state index contributed by atoms with van der Waals surface area (Å²) in [4.78, 5) is 49.9. The fourth-order valence-corrected chi connectivity index (χ4v) is 5.63. The highest BCUT2D eigenvalue weighted by atomic mass is 32.1. The van der Waals surface area contributed by atoms with Crippen LogP contribution < -0.4 is 5.69 Å². The molecule has 6 atom stereocenters. The van der Waals surface area contributed by atoms with Crippen LogP contribution in [0.25, 0.3) is 0 Å². The van der Waals surface area contributed by atoms with Gasteiger partial charge in [-0.05, 0) is 6.07 Å². The number of rotatable bonds is 9.